The predicted molar refractivity (Wildman–Crippen MR) is 99.0 cm³/mol. The molecule has 3 N–H and O–H groups in total. The molecule has 1 saturated carbocycles. The highest BCUT2D eigenvalue weighted by molar-refractivity contribution is 5.94. The molecular weight excluding hydrogens is 300 g/mol. The van der Waals surface area contributed by atoms with Gasteiger partial charge in [-0.2, -0.15) is 0 Å². The van der Waals surface area contributed by atoms with Gasteiger partial charge < -0.3 is 16.0 Å². The van der Waals surface area contributed by atoms with E-state index in [9.17, 15) is 4.79 Å². The van der Waals surface area contributed by atoms with Gasteiger partial charge in [0.15, 0.2) is 5.96 Å². The number of carbonyl (C=O) groups excluding carboxylic acids is 1. The van der Waals surface area contributed by atoms with Crippen LogP contribution >= 0.6 is 0 Å². The Bertz CT molecular complexity index is 612. The summed E-state index contributed by atoms with van der Waals surface area (Å²) in [4.78, 5) is 16.5. The summed E-state index contributed by atoms with van der Waals surface area (Å²) in [5, 5.41) is 9.45. The van der Waals surface area contributed by atoms with Crippen LogP contribution in [0.5, 0.6) is 0 Å². The van der Waals surface area contributed by atoms with E-state index in [2.05, 4.69) is 26.9 Å². The third-order valence-corrected chi connectivity index (χ3v) is 3.98. The van der Waals surface area contributed by atoms with Crippen LogP contribution in [-0.4, -0.2) is 31.0 Å². The van der Waals surface area contributed by atoms with Crippen molar-refractivity contribution in [2.24, 2.45) is 4.99 Å². The number of amides is 1. The molecule has 5 heteroatoms. The molecule has 1 fully saturated rings. The van der Waals surface area contributed by atoms with Gasteiger partial charge in [0.25, 0.3) is 0 Å². The molecule has 1 amide bonds. The zero-order chi connectivity index (χ0) is 17.2. The zero-order valence-corrected chi connectivity index (χ0v) is 14.3. The lowest BCUT2D eigenvalue weighted by molar-refractivity contribution is -0.114. The molecule has 1 aromatic carbocycles. The van der Waals surface area contributed by atoms with E-state index in [0.29, 0.717) is 17.7 Å². The van der Waals surface area contributed by atoms with Crippen LogP contribution in [0.3, 0.4) is 0 Å². The van der Waals surface area contributed by atoms with Gasteiger partial charge in [-0.1, -0.05) is 31.2 Å². The minimum Gasteiger partial charge on any atom is -0.357 e. The van der Waals surface area contributed by atoms with Crippen LogP contribution in [-0.2, 0) is 4.79 Å². The number of benzene rings is 1. The molecule has 0 saturated heterocycles. The number of anilines is 1. The molecule has 0 spiro atoms. The molecule has 0 aliphatic heterocycles. The zero-order valence-electron chi connectivity index (χ0n) is 14.3. The highest BCUT2D eigenvalue weighted by Gasteiger charge is 2.14. The Morgan fingerprint density at radius 3 is 2.83 bits per heavy atom. The second kappa shape index (κ2) is 9.61. The standard InChI is InChI=1S/C19H26N4O/c1-3-15-9-8-12-17(13-15)22-18(24)14-21-19(20-4-2)23-16-10-6-5-7-11-16/h1,8-9,12-13,16H,4-7,10-11,14H2,2H3,(H,22,24)(H2,20,21,23). The van der Waals surface area contributed by atoms with Crippen molar-refractivity contribution in [3.8, 4) is 12.3 Å². The Morgan fingerprint density at radius 2 is 2.12 bits per heavy atom. The summed E-state index contributed by atoms with van der Waals surface area (Å²) in [6.45, 7) is 2.86. The summed E-state index contributed by atoms with van der Waals surface area (Å²) < 4.78 is 0. The molecule has 0 bridgehead atoms. The number of nitrogens with zero attached hydrogens (tertiary/aromatic N) is 1. The van der Waals surface area contributed by atoms with E-state index in [0.717, 1.165) is 24.9 Å². The molecule has 0 unspecified atom stereocenters. The highest BCUT2D eigenvalue weighted by Crippen LogP contribution is 2.17. The monoisotopic (exact) mass is 326 g/mol. The van der Waals surface area contributed by atoms with Crippen LogP contribution in [0.4, 0.5) is 5.69 Å². The fraction of sp³-hybridized carbons (Fsp3) is 0.474. The Morgan fingerprint density at radius 1 is 1.33 bits per heavy atom. The summed E-state index contributed by atoms with van der Waals surface area (Å²) in [5.74, 6) is 3.10. The summed E-state index contributed by atoms with van der Waals surface area (Å²) in [6.07, 6.45) is 11.5. The van der Waals surface area contributed by atoms with E-state index in [1.54, 1.807) is 6.07 Å². The minimum absolute atomic E-state index is 0.0718. The Hall–Kier alpha value is -2.48. The number of hydrogen-bond acceptors (Lipinski definition) is 2. The molecule has 1 aliphatic rings. The maximum absolute atomic E-state index is 12.1. The second-order valence-corrected chi connectivity index (χ2v) is 5.95. The van der Waals surface area contributed by atoms with Crippen molar-refractivity contribution in [2.75, 3.05) is 18.4 Å². The number of hydrogen-bond donors (Lipinski definition) is 3. The average Bonchev–Trinajstić information content (AvgIpc) is 2.61. The largest absolute Gasteiger partial charge is 0.357 e. The van der Waals surface area contributed by atoms with Crippen molar-refractivity contribution in [1.82, 2.24) is 10.6 Å². The van der Waals surface area contributed by atoms with E-state index >= 15 is 0 Å². The first kappa shape index (κ1) is 17.9. The first-order valence-electron chi connectivity index (χ1n) is 8.62. The van der Waals surface area contributed by atoms with E-state index in [-0.39, 0.29) is 12.5 Å². The van der Waals surface area contributed by atoms with Crippen molar-refractivity contribution in [1.29, 1.82) is 0 Å². The first-order valence-corrected chi connectivity index (χ1v) is 8.62. The molecule has 0 radical (unpaired) electrons. The fourth-order valence-electron chi connectivity index (χ4n) is 2.80. The van der Waals surface area contributed by atoms with Crippen LogP contribution in [0.15, 0.2) is 29.3 Å². The fourth-order valence-corrected chi connectivity index (χ4v) is 2.80. The van der Waals surface area contributed by atoms with Gasteiger partial charge >= 0.3 is 0 Å². The second-order valence-electron chi connectivity index (χ2n) is 5.95. The molecule has 5 nitrogen and oxygen atoms in total. The lowest BCUT2D eigenvalue weighted by Gasteiger charge is -2.24. The maximum Gasteiger partial charge on any atom is 0.246 e. The average molecular weight is 326 g/mol. The predicted octanol–water partition coefficient (Wildman–Crippen LogP) is 2.49. The summed E-state index contributed by atoms with van der Waals surface area (Å²) in [7, 11) is 0. The number of terminal acetylenes is 1. The van der Waals surface area contributed by atoms with Crippen molar-refractivity contribution < 1.29 is 4.79 Å². The van der Waals surface area contributed by atoms with Crippen molar-refractivity contribution in [3.05, 3.63) is 29.8 Å². The summed E-state index contributed by atoms with van der Waals surface area (Å²) >= 11 is 0. The number of guanidine groups is 1. The maximum atomic E-state index is 12.1. The minimum atomic E-state index is -0.162. The molecule has 24 heavy (non-hydrogen) atoms. The van der Waals surface area contributed by atoms with E-state index in [1.807, 2.05) is 25.1 Å². The molecular formula is C19H26N4O. The Kier molecular flexibility index (Phi) is 7.16. The van der Waals surface area contributed by atoms with Gasteiger partial charge in [-0.15, -0.1) is 6.42 Å². The Balaban J connectivity index is 1.89. The van der Waals surface area contributed by atoms with Gasteiger partial charge in [0, 0.05) is 23.8 Å². The molecule has 0 aromatic heterocycles. The summed E-state index contributed by atoms with van der Waals surface area (Å²) in [5.41, 5.74) is 1.43. The van der Waals surface area contributed by atoms with Gasteiger partial charge in [0.2, 0.25) is 5.91 Å². The van der Waals surface area contributed by atoms with Crippen molar-refractivity contribution >= 4 is 17.6 Å². The molecule has 2 rings (SSSR count). The molecule has 1 aromatic rings. The van der Waals surface area contributed by atoms with E-state index in [4.69, 9.17) is 6.42 Å². The molecule has 1 aliphatic carbocycles. The lowest BCUT2D eigenvalue weighted by atomic mass is 9.96. The highest BCUT2D eigenvalue weighted by atomic mass is 16.1. The number of rotatable bonds is 5. The number of nitrogens with one attached hydrogen (secondary N) is 3. The van der Waals surface area contributed by atoms with Crippen LogP contribution in [0.1, 0.15) is 44.6 Å². The SMILES string of the molecule is C#Cc1cccc(NC(=O)CN=C(NCC)NC2CCCCC2)c1. The van der Waals surface area contributed by atoms with Gasteiger partial charge in [-0.25, -0.2) is 4.99 Å². The smallest absolute Gasteiger partial charge is 0.246 e. The van der Waals surface area contributed by atoms with Gasteiger partial charge in [0.05, 0.1) is 0 Å². The first-order chi connectivity index (χ1) is 11.7. The molecule has 128 valence electrons. The van der Waals surface area contributed by atoms with Crippen LogP contribution in [0.2, 0.25) is 0 Å². The molecule has 0 heterocycles. The van der Waals surface area contributed by atoms with E-state index in [1.165, 1.54) is 19.3 Å². The third-order valence-electron chi connectivity index (χ3n) is 3.98. The molecule has 0 atom stereocenters. The summed E-state index contributed by atoms with van der Waals surface area (Å²) in [6, 6.07) is 7.68. The number of aliphatic imine (C=N–C) groups is 1. The van der Waals surface area contributed by atoms with E-state index < -0.39 is 0 Å². The van der Waals surface area contributed by atoms with Crippen LogP contribution < -0.4 is 16.0 Å². The lowest BCUT2D eigenvalue weighted by Crippen LogP contribution is -2.44. The van der Waals surface area contributed by atoms with Crippen molar-refractivity contribution in [3.63, 3.8) is 0 Å². The quantitative estimate of drug-likeness (QED) is 0.442. The third kappa shape index (κ3) is 5.96. The normalized spacial score (nSPS) is 15.4. The van der Waals surface area contributed by atoms with Gasteiger partial charge in [0.1, 0.15) is 6.54 Å². The topological polar surface area (TPSA) is 65.5 Å². The van der Waals surface area contributed by atoms with Gasteiger partial charge in [-0.05, 0) is 38.0 Å². The van der Waals surface area contributed by atoms with Crippen LogP contribution in [0, 0.1) is 12.3 Å². The van der Waals surface area contributed by atoms with Gasteiger partial charge in [-0.3, -0.25) is 4.79 Å². The number of carbonyl (C=O) groups is 1. The van der Waals surface area contributed by atoms with Crippen LogP contribution in [0.25, 0.3) is 0 Å². The van der Waals surface area contributed by atoms with Crippen molar-refractivity contribution in [2.45, 2.75) is 45.1 Å². The Labute approximate surface area is 144 Å².